The molecule has 0 spiro atoms. The molecular formula is C17H25N2O2+. The summed E-state index contributed by atoms with van der Waals surface area (Å²) in [6.45, 7) is 12.6. The van der Waals surface area contributed by atoms with E-state index in [4.69, 9.17) is 4.74 Å². The van der Waals surface area contributed by atoms with Gasteiger partial charge in [-0.3, -0.25) is 9.69 Å². The van der Waals surface area contributed by atoms with Crippen LogP contribution in [0.5, 0.6) is 5.75 Å². The number of hydrogen-bond donors (Lipinski definition) is 0. The second-order valence-electron chi connectivity index (χ2n) is 6.32. The van der Waals surface area contributed by atoms with Crippen molar-refractivity contribution < 1.29 is 14.0 Å². The Labute approximate surface area is 126 Å². The van der Waals surface area contributed by atoms with Crippen molar-refractivity contribution in [2.45, 2.75) is 20.4 Å². The minimum Gasteiger partial charge on any atom is -0.493 e. The third kappa shape index (κ3) is 2.97. The van der Waals surface area contributed by atoms with Crippen LogP contribution >= 0.6 is 0 Å². The van der Waals surface area contributed by atoms with Crippen LogP contribution in [0.2, 0.25) is 0 Å². The van der Waals surface area contributed by atoms with E-state index in [1.165, 1.54) is 44.8 Å². The summed E-state index contributed by atoms with van der Waals surface area (Å²) >= 11 is 0. The molecule has 0 aliphatic carbocycles. The standard InChI is InChI=1S/C17H25N2O2/c1-3-21-17-5-4-15(14(2)20)12-16(17)13-19-9-6-18(7-10-19)8-11-19/h4-5,12H,3,6-11,13H2,1-2H3/q+1. The maximum atomic E-state index is 11.7. The number of benzene rings is 1. The average Bonchev–Trinajstić information content (AvgIpc) is 2.50. The van der Waals surface area contributed by atoms with Crippen molar-refractivity contribution in [1.82, 2.24) is 4.90 Å². The van der Waals surface area contributed by atoms with Gasteiger partial charge in [-0.1, -0.05) is 0 Å². The quantitative estimate of drug-likeness (QED) is 0.613. The number of fused-ring (bicyclic) bond motifs is 3. The number of ketones is 1. The number of Topliss-reactive ketones (excluding diaryl/α,β-unsaturated/α-hetero) is 1. The summed E-state index contributed by atoms with van der Waals surface area (Å²) < 4.78 is 6.93. The molecule has 3 aliphatic rings. The van der Waals surface area contributed by atoms with Crippen LogP contribution in [0.3, 0.4) is 0 Å². The molecule has 3 fully saturated rings. The van der Waals surface area contributed by atoms with Gasteiger partial charge in [0.15, 0.2) is 5.78 Å². The second kappa shape index (κ2) is 5.78. The molecule has 0 radical (unpaired) electrons. The highest BCUT2D eigenvalue weighted by Gasteiger charge is 2.38. The molecule has 0 atom stereocenters. The van der Waals surface area contributed by atoms with E-state index in [2.05, 4.69) is 4.90 Å². The van der Waals surface area contributed by atoms with Gasteiger partial charge in [0.1, 0.15) is 12.3 Å². The van der Waals surface area contributed by atoms with Crippen molar-refractivity contribution in [1.29, 1.82) is 0 Å². The van der Waals surface area contributed by atoms with Crippen molar-refractivity contribution in [3.63, 3.8) is 0 Å². The van der Waals surface area contributed by atoms with Crippen LogP contribution in [0.4, 0.5) is 0 Å². The average molecular weight is 289 g/mol. The van der Waals surface area contributed by atoms with Gasteiger partial charge in [-0.25, -0.2) is 0 Å². The summed E-state index contributed by atoms with van der Waals surface area (Å²) in [5.74, 6) is 1.07. The molecule has 4 rings (SSSR count). The molecule has 1 aromatic carbocycles. The lowest BCUT2D eigenvalue weighted by Gasteiger charge is -2.50. The lowest BCUT2D eigenvalue weighted by atomic mass is 10.0. The third-order valence-corrected chi connectivity index (χ3v) is 4.94. The van der Waals surface area contributed by atoms with Crippen molar-refractivity contribution >= 4 is 5.78 Å². The zero-order chi connectivity index (χ0) is 14.9. The highest BCUT2D eigenvalue weighted by atomic mass is 16.5. The Hall–Kier alpha value is -1.39. The first-order chi connectivity index (χ1) is 10.1. The lowest BCUT2D eigenvalue weighted by molar-refractivity contribution is -0.953. The number of carbonyl (C=O) groups is 1. The van der Waals surface area contributed by atoms with E-state index in [-0.39, 0.29) is 5.78 Å². The van der Waals surface area contributed by atoms with Crippen LogP contribution < -0.4 is 4.74 Å². The molecule has 0 aromatic heterocycles. The van der Waals surface area contributed by atoms with Crippen molar-refractivity contribution in [3.05, 3.63) is 29.3 Å². The topological polar surface area (TPSA) is 29.5 Å². The normalized spacial score (nSPS) is 27.6. The van der Waals surface area contributed by atoms with E-state index in [9.17, 15) is 4.79 Å². The molecular weight excluding hydrogens is 264 g/mol. The number of piperazine rings is 3. The summed E-state index contributed by atoms with van der Waals surface area (Å²) in [4.78, 5) is 14.2. The van der Waals surface area contributed by atoms with Gasteiger partial charge in [-0.2, -0.15) is 0 Å². The van der Waals surface area contributed by atoms with Gasteiger partial charge >= 0.3 is 0 Å². The van der Waals surface area contributed by atoms with E-state index in [1.807, 2.05) is 25.1 Å². The number of quaternary nitrogens is 1. The molecule has 2 bridgehead atoms. The molecule has 4 heteroatoms. The van der Waals surface area contributed by atoms with Gasteiger partial charge in [0.25, 0.3) is 0 Å². The smallest absolute Gasteiger partial charge is 0.159 e. The summed E-state index contributed by atoms with van der Waals surface area (Å²) in [7, 11) is 0. The first kappa shape index (κ1) is 14.5. The summed E-state index contributed by atoms with van der Waals surface area (Å²) in [5.41, 5.74) is 1.99. The maximum Gasteiger partial charge on any atom is 0.159 e. The Morgan fingerprint density at radius 1 is 1.24 bits per heavy atom. The van der Waals surface area contributed by atoms with Crippen LogP contribution in [0, 0.1) is 0 Å². The zero-order valence-corrected chi connectivity index (χ0v) is 13.1. The van der Waals surface area contributed by atoms with Gasteiger partial charge in [-0.05, 0) is 32.0 Å². The lowest BCUT2D eigenvalue weighted by Crippen LogP contribution is -2.66. The minimum absolute atomic E-state index is 0.128. The Bertz CT molecular complexity index is 520. The molecule has 3 heterocycles. The second-order valence-corrected chi connectivity index (χ2v) is 6.32. The van der Waals surface area contributed by atoms with Crippen LogP contribution in [-0.4, -0.2) is 61.0 Å². The monoisotopic (exact) mass is 289 g/mol. The Kier molecular flexibility index (Phi) is 4.00. The number of hydrogen-bond acceptors (Lipinski definition) is 3. The molecule has 114 valence electrons. The highest BCUT2D eigenvalue weighted by Crippen LogP contribution is 2.29. The largest absolute Gasteiger partial charge is 0.493 e. The van der Waals surface area contributed by atoms with E-state index >= 15 is 0 Å². The van der Waals surface area contributed by atoms with Crippen molar-refractivity contribution in [2.24, 2.45) is 0 Å². The van der Waals surface area contributed by atoms with Gasteiger partial charge in [0.05, 0.1) is 26.2 Å². The van der Waals surface area contributed by atoms with E-state index in [0.717, 1.165) is 22.3 Å². The van der Waals surface area contributed by atoms with E-state index in [0.29, 0.717) is 6.61 Å². The number of nitrogens with zero attached hydrogens (tertiary/aromatic N) is 2. The molecule has 1 aromatic rings. The van der Waals surface area contributed by atoms with Crippen LogP contribution in [0.25, 0.3) is 0 Å². The first-order valence-electron chi connectivity index (χ1n) is 7.96. The van der Waals surface area contributed by atoms with Crippen LogP contribution in [0.1, 0.15) is 29.8 Å². The Balaban J connectivity index is 1.88. The molecule has 3 aliphatic heterocycles. The predicted octanol–water partition coefficient (Wildman–Crippen LogP) is 1.93. The van der Waals surface area contributed by atoms with Gasteiger partial charge in [0, 0.05) is 30.8 Å². The first-order valence-corrected chi connectivity index (χ1v) is 7.96. The number of ether oxygens (including phenoxy) is 1. The number of rotatable bonds is 5. The zero-order valence-electron chi connectivity index (χ0n) is 13.1. The van der Waals surface area contributed by atoms with Gasteiger partial charge < -0.3 is 9.22 Å². The van der Waals surface area contributed by atoms with Gasteiger partial charge in [-0.15, -0.1) is 0 Å². The summed E-state index contributed by atoms with van der Waals surface area (Å²) in [5, 5.41) is 0. The van der Waals surface area contributed by atoms with Crippen molar-refractivity contribution in [2.75, 3.05) is 45.9 Å². The van der Waals surface area contributed by atoms with Gasteiger partial charge in [0.2, 0.25) is 0 Å². The van der Waals surface area contributed by atoms with Crippen LogP contribution in [0.15, 0.2) is 18.2 Å². The maximum absolute atomic E-state index is 11.7. The fourth-order valence-electron chi connectivity index (χ4n) is 3.55. The molecule has 0 N–H and O–H groups in total. The molecule has 21 heavy (non-hydrogen) atoms. The predicted molar refractivity (Wildman–Crippen MR) is 82.6 cm³/mol. The fourth-order valence-corrected chi connectivity index (χ4v) is 3.55. The highest BCUT2D eigenvalue weighted by molar-refractivity contribution is 5.94. The summed E-state index contributed by atoms with van der Waals surface area (Å²) in [6, 6.07) is 5.89. The van der Waals surface area contributed by atoms with E-state index < -0.39 is 0 Å². The Morgan fingerprint density at radius 3 is 2.48 bits per heavy atom. The third-order valence-electron chi connectivity index (χ3n) is 4.94. The van der Waals surface area contributed by atoms with Crippen molar-refractivity contribution in [3.8, 4) is 5.75 Å². The molecule has 0 saturated carbocycles. The molecule has 0 unspecified atom stereocenters. The fraction of sp³-hybridized carbons (Fsp3) is 0.588. The van der Waals surface area contributed by atoms with E-state index in [1.54, 1.807) is 6.92 Å². The molecule has 4 nitrogen and oxygen atoms in total. The number of carbonyl (C=O) groups excluding carboxylic acids is 1. The van der Waals surface area contributed by atoms with Crippen LogP contribution in [-0.2, 0) is 6.54 Å². The SMILES string of the molecule is CCOc1ccc(C(C)=O)cc1C[N+]12CCN(CC1)CC2. The molecule has 3 saturated heterocycles. The minimum atomic E-state index is 0.128. The molecule has 0 amide bonds. The Morgan fingerprint density at radius 2 is 1.90 bits per heavy atom. The summed E-state index contributed by atoms with van der Waals surface area (Å²) in [6.07, 6.45) is 0.